The highest BCUT2D eigenvalue weighted by Crippen LogP contribution is 2.44. The summed E-state index contributed by atoms with van der Waals surface area (Å²) in [5.41, 5.74) is 0. The van der Waals surface area contributed by atoms with E-state index in [-0.39, 0.29) is 5.97 Å². The molecule has 0 radical (unpaired) electrons. The topological polar surface area (TPSA) is 26.3 Å². The van der Waals surface area contributed by atoms with Crippen LogP contribution in [0.3, 0.4) is 0 Å². The summed E-state index contributed by atoms with van der Waals surface area (Å²) in [7, 11) is 0. The van der Waals surface area contributed by atoms with Crippen molar-refractivity contribution in [1.29, 1.82) is 0 Å². The first-order valence-electron chi connectivity index (χ1n) is 6.49. The van der Waals surface area contributed by atoms with E-state index in [2.05, 4.69) is 26.0 Å². The predicted octanol–water partition coefficient (Wildman–Crippen LogP) is 3.18. The second-order valence-corrected chi connectivity index (χ2v) is 5.65. The van der Waals surface area contributed by atoms with Crippen LogP contribution in [0, 0.1) is 23.7 Å². The van der Waals surface area contributed by atoms with Crippen LogP contribution in [0.4, 0.5) is 0 Å². The summed E-state index contributed by atoms with van der Waals surface area (Å²) >= 11 is 0. The molecule has 3 unspecified atom stereocenters. The van der Waals surface area contributed by atoms with Gasteiger partial charge in [-0.1, -0.05) is 26.0 Å². The molecule has 90 valence electrons. The minimum absolute atomic E-state index is 0.00611. The van der Waals surface area contributed by atoms with E-state index in [0.29, 0.717) is 30.8 Å². The number of hydrogen-bond donors (Lipinski definition) is 0. The largest absolute Gasteiger partial charge is 0.466 e. The smallest absolute Gasteiger partial charge is 0.306 e. The quantitative estimate of drug-likeness (QED) is 0.527. The zero-order valence-corrected chi connectivity index (χ0v) is 10.3. The monoisotopic (exact) mass is 222 g/mol. The Bertz CT molecular complexity index is 280. The number of carbonyl (C=O) groups excluding carboxylic acids is 1. The van der Waals surface area contributed by atoms with E-state index >= 15 is 0 Å². The summed E-state index contributed by atoms with van der Waals surface area (Å²) in [6, 6.07) is 0. The fraction of sp³-hybridized carbons (Fsp3) is 0.786. The van der Waals surface area contributed by atoms with Crippen LogP contribution in [0.1, 0.15) is 39.5 Å². The lowest BCUT2D eigenvalue weighted by Crippen LogP contribution is -2.16. The van der Waals surface area contributed by atoms with Crippen molar-refractivity contribution in [2.45, 2.75) is 39.5 Å². The highest BCUT2D eigenvalue weighted by atomic mass is 16.5. The van der Waals surface area contributed by atoms with E-state index in [9.17, 15) is 4.79 Å². The van der Waals surface area contributed by atoms with Gasteiger partial charge in [0.1, 0.15) is 0 Å². The van der Waals surface area contributed by atoms with Gasteiger partial charge < -0.3 is 4.74 Å². The van der Waals surface area contributed by atoms with Gasteiger partial charge in [-0.2, -0.15) is 0 Å². The summed E-state index contributed by atoms with van der Waals surface area (Å²) < 4.78 is 5.26. The molecule has 0 aromatic rings. The molecular formula is C14H22O2. The summed E-state index contributed by atoms with van der Waals surface area (Å²) in [5, 5.41) is 0. The van der Waals surface area contributed by atoms with Gasteiger partial charge in [0.05, 0.1) is 6.61 Å². The van der Waals surface area contributed by atoms with Crippen LogP contribution in [0.15, 0.2) is 12.2 Å². The molecule has 0 saturated heterocycles. The third kappa shape index (κ3) is 2.87. The first-order valence-corrected chi connectivity index (χ1v) is 6.49. The Labute approximate surface area is 98.1 Å². The van der Waals surface area contributed by atoms with E-state index in [0.717, 1.165) is 12.3 Å². The molecular weight excluding hydrogens is 200 g/mol. The highest BCUT2D eigenvalue weighted by molar-refractivity contribution is 5.69. The molecule has 0 aliphatic heterocycles. The van der Waals surface area contributed by atoms with Crippen LogP contribution in [0.25, 0.3) is 0 Å². The van der Waals surface area contributed by atoms with E-state index in [1.165, 1.54) is 12.8 Å². The summed E-state index contributed by atoms with van der Waals surface area (Å²) in [4.78, 5) is 11.6. The van der Waals surface area contributed by atoms with Gasteiger partial charge >= 0.3 is 5.97 Å². The van der Waals surface area contributed by atoms with Crippen molar-refractivity contribution in [1.82, 2.24) is 0 Å². The minimum Gasteiger partial charge on any atom is -0.466 e. The van der Waals surface area contributed by atoms with Gasteiger partial charge in [-0.15, -0.1) is 0 Å². The molecule has 2 bridgehead atoms. The molecule has 2 nitrogen and oxygen atoms in total. The second-order valence-electron chi connectivity index (χ2n) is 5.65. The Balaban J connectivity index is 1.66. The molecule has 0 heterocycles. The van der Waals surface area contributed by atoms with Crippen molar-refractivity contribution >= 4 is 5.97 Å². The van der Waals surface area contributed by atoms with Gasteiger partial charge in [-0.3, -0.25) is 4.79 Å². The van der Waals surface area contributed by atoms with Gasteiger partial charge in [-0.05, 0) is 42.9 Å². The van der Waals surface area contributed by atoms with Gasteiger partial charge in [0.2, 0.25) is 0 Å². The Morgan fingerprint density at radius 2 is 2.19 bits per heavy atom. The number of rotatable bonds is 5. The van der Waals surface area contributed by atoms with Crippen LogP contribution in [-0.4, -0.2) is 12.6 Å². The number of esters is 1. The van der Waals surface area contributed by atoms with Crippen molar-refractivity contribution in [3.05, 3.63) is 12.2 Å². The summed E-state index contributed by atoms with van der Waals surface area (Å²) in [6.07, 6.45) is 8.67. The van der Waals surface area contributed by atoms with Crippen molar-refractivity contribution in [3.63, 3.8) is 0 Å². The minimum atomic E-state index is 0.00611. The molecule has 0 amide bonds. The molecule has 2 heteroatoms. The van der Waals surface area contributed by atoms with Gasteiger partial charge in [0.25, 0.3) is 0 Å². The van der Waals surface area contributed by atoms with Crippen molar-refractivity contribution in [2.75, 3.05) is 6.61 Å². The molecule has 2 aliphatic carbocycles. The van der Waals surface area contributed by atoms with E-state index in [1.807, 2.05) is 0 Å². The average molecular weight is 222 g/mol. The average Bonchev–Trinajstić information content (AvgIpc) is 2.78. The number of hydrogen-bond acceptors (Lipinski definition) is 2. The molecule has 2 rings (SSSR count). The van der Waals surface area contributed by atoms with E-state index < -0.39 is 0 Å². The number of ether oxygens (including phenoxy) is 1. The van der Waals surface area contributed by atoms with E-state index in [1.54, 1.807) is 0 Å². The maximum Gasteiger partial charge on any atom is 0.306 e. The number of fused-ring (bicyclic) bond motifs is 2. The third-order valence-electron chi connectivity index (χ3n) is 3.80. The molecule has 1 saturated carbocycles. The van der Waals surface area contributed by atoms with E-state index in [4.69, 9.17) is 4.74 Å². The molecule has 1 fully saturated rings. The predicted molar refractivity (Wildman–Crippen MR) is 63.9 cm³/mol. The number of carbonyl (C=O) groups is 1. The summed E-state index contributed by atoms with van der Waals surface area (Å²) in [6.45, 7) is 4.89. The van der Waals surface area contributed by atoms with Gasteiger partial charge in [-0.25, -0.2) is 0 Å². The van der Waals surface area contributed by atoms with Crippen LogP contribution < -0.4 is 0 Å². The molecule has 16 heavy (non-hydrogen) atoms. The maximum absolute atomic E-state index is 11.6. The SMILES string of the molecule is CC(C)CCOC(=O)CC1CC2C=CC1C2. The fourth-order valence-corrected chi connectivity index (χ4v) is 2.81. The summed E-state index contributed by atoms with van der Waals surface area (Å²) in [5.74, 6) is 2.58. The Morgan fingerprint density at radius 3 is 2.75 bits per heavy atom. The second kappa shape index (κ2) is 5.03. The fourth-order valence-electron chi connectivity index (χ4n) is 2.81. The normalized spacial score (nSPS) is 31.3. The van der Waals surface area contributed by atoms with Crippen molar-refractivity contribution in [3.8, 4) is 0 Å². The zero-order valence-electron chi connectivity index (χ0n) is 10.3. The van der Waals surface area contributed by atoms with Crippen LogP contribution in [0.2, 0.25) is 0 Å². The van der Waals surface area contributed by atoms with Crippen molar-refractivity contribution < 1.29 is 9.53 Å². The van der Waals surface area contributed by atoms with Gasteiger partial charge in [0.15, 0.2) is 0 Å². The zero-order chi connectivity index (χ0) is 11.5. The van der Waals surface area contributed by atoms with Crippen LogP contribution in [-0.2, 0) is 9.53 Å². The lowest BCUT2D eigenvalue weighted by atomic mass is 9.91. The molecule has 0 N–H and O–H groups in total. The maximum atomic E-state index is 11.6. The molecule has 0 spiro atoms. The molecule has 2 aliphatic rings. The Morgan fingerprint density at radius 1 is 1.38 bits per heavy atom. The lowest BCUT2D eigenvalue weighted by molar-refractivity contribution is -0.145. The molecule has 3 atom stereocenters. The van der Waals surface area contributed by atoms with Crippen molar-refractivity contribution in [2.24, 2.45) is 23.7 Å². The Hall–Kier alpha value is -0.790. The first kappa shape index (κ1) is 11.7. The lowest BCUT2D eigenvalue weighted by Gasteiger charge is -2.17. The van der Waals surface area contributed by atoms with Crippen LogP contribution >= 0.6 is 0 Å². The highest BCUT2D eigenvalue weighted by Gasteiger charge is 2.36. The standard InChI is InChI=1S/C14H22O2/c1-10(2)5-6-16-14(15)9-13-8-11-3-4-12(13)7-11/h3-4,10-13H,5-9H2,1-2H3. The molecule has 0 aromatic heterocycles. The van der Waals surface area contributed by atoms with Gasteiger partial charge in [0, 0.05) is 6.42 Å². The first-order chi connectivity index (χ1) is 7.65. The van der Waals surface area contributed by atoms with Crippen LogP contribution in [0.5, 0.6) is 0 Å². The number of allylic oxidation sites excluding steroid dienone is 2. The Kier molecular flexibility index (Phi) is 3.67. The third-order valence-corrected chi connectivity index (χ3v) is 3.80. The molecule has 0 aromatic carbocycles.